The number of benzene rings is 1. The van der Waals surface area contributed by atoms with Gasteiger partial charge in [-0.05, 0) is 62.7 Å². The molecule has 4 rings (SSSR count). The van der Waals surface area contributed by atoms with Gasteiger partial charge in [0.25, 0.3) is 0 Å². The SMILES string of the molecule is C=CCn1c(SCc2cccc(Cl)c2)nnc1C1CCN(Cc2cccc(C)n2)CC1. The minimum atomic E-state index is 0.426. The number of thioether (sulfide) groups is 1. The molecule has 1 aliphatic heterocycles. The Bertz CT molecular complexity index is 1030. The van der Waals surface area contributed by atoms with Gasteiger partial charge in [-0.15, -0.1) is 16.8 Å². The zero-order valence-electron chi connectivity index (χ0n) is 17.9. The summed E-state index contributed by atoms with van der Waals surface area (Å²) in [6.07, 6.45) is 4.09. The maximum Gasteiger partial charge on any atom is 0.191 e. The lowest BCUT2D eigenvalue weighted by molar-refractivity contribution is 0.198. The van der Waals surface area contributed by atoms with Crippen molar-refractivity contribution >= 4 is 23.4 Å². The minimum Gasteiger partial charge on any atom is -0.302 e. The van der Waals surface area contributed by atoms with Gasteiger partial charge in [-0.3, -0.25) is 9.88 Å². The molecule has 0 bridgehead atoms. The van der Waals surface area contributed by atoms with E-state index in [1.807, 2.05) is 37.3 Å². The summed E-state index contributed by atoms with van der Waals surface area (Å²) >= 11 is 7.82. The molecule has 1 saturated heterocycles. The summed E-state index contributed by atoms with van der Waals surface area (Å²) in [4.78, 5) is 7.13. The van der Waals surface area contributed by atoms with Crippen LogP contribution in [0.5, 0.6) is 0 Å². The van der Waals surface area contributed by atoms with Gasteiger partial charge in [-0.1, -0.05) is 47.6 Å². The molecule has 0 N–H and O–H groups in total. The number of allylic oxidation sites excluding steroid dienone is 1. The molecule has 7 heteroatoms. The second kappa shape index (κ2) is 10.4. The molecule has 0 saturated carbocycles. The molecule has 1 aromatic carbocycles. The summed E-state index contributed by atoms with van der Waals surface area (Å²) < 4.78 is 2.23. The second-order valence-corrected chi connectivity index (χ2v) is 9.36. The maximum atomic E-state index is 6.12. The zero-order chi connectivity index (χ0) is 21.6. The van der Waals surface area contributed by atoms with Crippen molar-refractivity contribution in [3.8, 4) is 0 Å². The van der Waals surface area contributed by atoms with Gasteiger partial charge in [-0.25, -0.2) is 0 Å². The van der Waals surface area contributed by atoms with Crippen molar-refractivity contribution in [1.82, 2.24) is 24.6 Å². The van der Waals surface area contributed by atoms with Crippen LogP contribution < -0.4 is 0 Å². The lowest BCUT2D eigenvalue weighted by Crippen LogP contribution is -2.33. The van der Waals surface area contributed by atoms with Crippen molar-refractivity contribution in [3.05, 3.63) is 82.9 Å². The molecular weight excluding hydrogens is 426 g/mol. The van der Waals surface area contributed by atoms with Crippen molar-refractivity contribution in [2.75, 3.05) is 13.1 Å². The minimum absolute atomic E-state index is 0.426. The van der Waals surface area contributed by atoms with Crippen LogP contribution >= 0.6 is 23.4 Å². The number of halogens is 1. The highest BCUT2D eigenvalue weighted by molar-refractivity contribution is 7.98. The van der Waals surface area contributed by atoms with Gasteiger partial charge >= 0.3 is 0 Å². The Morgan fingerprint density at radius 2 is 1.97 bits per heavy atom. The Hall–Kier alpha value is -2.15. The average molecular weight is 454 g/mol. The normalized spacial score (nSPS) is 15.3. The predicted octanol–water partition coefficient (Wildman–Crippen LogP) is 5.49. The lowest BCUT2D eigenvalue weighted by atomic mass is 9.95. The van der Waals surface area contributed by atoms with Gasteiger partial charge in [0.15, 0.2) is 5.16 Å². The predicted molar refractivity (Wildman–Crippen MR) is 127 cm³/mol. The first-order valence-electron chi connectivity index (χ1n) is 10.7. The Morgan fingerprint density at radius 3 is 2.71 bits per heavy atom. The molecule has 1 aliphatic rings. The fraction of sp³-hybridized carbons (Fsp3) is 0.375. The number of likely N-dealkylation sites (tertiary alicyclic amines) is 1. The van der Waals surface area contributed by atoms with Gasteiger partial charge in [0.2, 0.25) is 0 Å². The van der Waals surface area contributed by atoms with Gasteiger partial charge in [-0.2, -0.15) is 0 Å². The van der Waals surface area contributed by atoms with Crippen LogP contribution in [0.15, 0.2) is 60.3 Å². The van der Waals surface area contributed by atoms with E-state index in [9.17, 15) is 0 Å². The van der Waals surface area contributed by atoms with Crippen LogP contribution in [0.1, 0.15) is 41.5 Å². The highest BCUT2D eigenvalue weighted by Gasteiger charge is 2.26. The highest BCUT2D eigenvalue weighted by Crippen LogP contribution is 2.31. The quantitative estimate of drug-likeness (QED) is 0.333. The summed E-state index contributed by atoms with van der Waals surface area (Å²) in [6, 6.07) is 14.2. The number of aromatic nitrogens is 4. The lowest BCUT2D eigenvalue weighted by Gasteiger charge is -2.31. The maximum absolute atomic E-state index is 6.12. The van der Waals surface area contributed by atoms with Crippen molar-refractivity contribution in [2.45, 2.75) is 49.7 Å². The summed E-state index contributed by atoms with van der Waals surface area (Å²) in [5.74, 6) is 2.33. The van der Waals surface area contributed by atoms with Gasteiger partial charge in [0.1, 0.15) is 5.82 Å². The number of piperidine rings is 1. The average Bonchev–Trinajstić information content (AvgIpc) is 3.16. The van der Waals surface area contributed by atoms with E-state index in [1.165, 1.54) is 5.56 Å². The molecule has 3 aromatic rings. The van der Waals surface area contributed by atoms with E-state index in [0.717, 1.165) is 72.2 Å². The van der Waals surface area contributed by atoms with Crippen molar-refractivity contribution in [1.29, 1.82) is 0 Å². The Labute approximate surface area is 193 Å². The molecule has 0 aliphatic carbocycles. The number of aryl methyl sites for hydroxylation is 1. The summed E-state index contributed by atoms with van der Waals surface area (Å²) in [7, 11) is 0. The topological polar surface area (TPSA) is 46.8 Å². The molecule has 162 valence electrons. The third-order valence-corrected chi connectivity index (χ3v) is 6.87. The molecule has 1 fully saturated rings. The Balaban J connectivity index is 1.39. The highest BCUT2D eigenvalue weighted by atomic mass is 35.5. The molecule has 0 atom stereocenters. The number of hydrogen-bond donors (Lipinski definition) is 0. The van der Waals surface area contributed by atoms with E-state index >= 15 is 0 Å². The summed E-state index contributed by atoms with van der Waals surface area (Å²) in [6.45, 7) is 9.72. The standard InChI is InChI=1S/C24H28ClN5S/c1-3-12-30-23(27-28-24(30)31-17-19-7-5-8-21(25)15-19)20-10-13-29(14-11-20)16-22-9-4-6-18(2)26-22/h3-9,15,20H,1,10-14,16-17H2,2H3. The van der Waals surface area contributed by atoms with Crippen LogP contribution in [0, 0.1) is 6.92 Å². The first-order valence-corrected chi connectivity index (χ1v) is 12.0. The number of pyridine rings is 1. The molecule has 0 spiro atoms. The number of hydrogen-bond acceptors (Lipinski definition) is 5. The molecular formula is C24H28ClN5S. The van der Waals surface area contributed by atoms with Crippen LogP contribution in [0.3, 0.4) is 0 Å². The second-order valence-electron chi connectivity index (χ2n) is 7.98. The zero-order valence-corrected chi connectivity index (χ0v) is 19.4. The van der Waals surface area contributed by atoms with Gasteiger partial charge in [0.05, 0.1) is 5.69 Å². The van der Waals surface area contributed by atoms with E-state index in [4.69, 9.17) is 11.6 Å². The molecule has 0 radical (unpaired) electrons. The van der Waals surface area contributed by atoms with Crippen LogP contribution in [-0.2, 0) is 18.8 Å². The van der Waals surface area contributed by atoms with E-state index < -0.39 is 0 Å². The third-order valence-electron chi connectivity index (χ3n) is 5.60. The summed E-state index contributed by atoms with van der Waals surface area (Å²) in [5.41, 5.74) is 3.41. The van der Waals surface area contributed by atoms with Crippen LogP contribution in [-0.4, -0.2) is 37.7 Å². The van der Waals surface area contributed by atoms with Crippen LogP contribution in [0.25, 0.3) is 0 Å². The number of rotatable bonds is 8. The first kappa shape index (κ1) is 22.1. The first-order chi connectivity index (χ1) is 15.1. The van der Waals surface area contributed by atoms with Crippen molar-refractivity contribution < 1.29 is 0 Å². The molecule has 5 nitrogen and oxygen atoms in total. The van der Waals surface area contributed by atoms with Crippen molar-refractivity contribution in [2.24, 2.45) is 0 Å². The molecule has 3 heterocycles. The van der Waals surface area contributed by atoms with Crippen LogP contribution in [0.4, 0.5) is 0 Å². The molecule has 0 amide bonds. The Morgan fingerprint density at radius 1 is 1.16 bits per heavy atom. The fourth-order valence-corrected chi connectivity index (χ4v) is 5.16. The van der Waals surface area contributed by atoms with Crippen LogP contribution in [0.2, 0.25) is 5.02 Å². The fourth-order valence-electron chi connectivity index (χ4n) is 4.05. The molecule has 0 unspecified atom stereocenters. The van der Waals surface area contributed by atoms with E-state index in [0.29, 0.717) is 5.92 Å². The monoisotopic (exact) mass is 453 g/mol. The third kappa shape index (κ3) is 5.76. The van der Waals surface area contributed by atoms with Gasteiger partial charge < -0.3 is 4.57 Å². The van der Waals surface area contributed by atoms with Crippen molar-refractivity contribution in [3.63, 3.8) is 0 Å². The van der Waals surface area contributed by atoms with E-state index in [1.54, 1.807) is 11.8 Å². The molecule has 31 heavy (non-hydrogen) atoms. The largest absolute Gasteiger partial charge is 0.302 e. The van der Waals surface area contributed by atoms with E-state index in [-0.39, 0.29) is 0 Å². The van der Waals surface area contributed by atoms with E-state index in [2.05, 4.69) is 49.4 Å². The molecule has 2 aromatic heterocycles. The van der Waals surface area contributed by atoms with Gasteiger partial charge in [0, 0.05) is 35.5 Å². The Kier molecular flexibility index (Phi) is 7.43. The number of nitrogens with zero attached hydrogens (tertiary/aromatic N) is 5. The summed E-state index contributed by atoms with van der Waals surface area (Å²) in [5, 5.41) is 10.8. The smallest absolute Gasteiger partial charge is 0.191 e.